The van der Waals surface area contributed by atoms with E-state index in [1.165, 1.54) is 5.56 Å². The molecule has 0 saturated carbocycles. The van der Waals surface area contributed by atoms with Gasteiger partial charge in [-0.15, -0.1) is 0 Å². The molecule has 2 rings (SSSR count). The van der Waals surface area contributed by atoms with Gasteiger partial charge in [-0.3, -0.25) is 4.90 Å². The molecule has 13 heteroatoms. The molecule has 0 aromatic heterocycles. The second-order valence-electron chi connectivity index (χ2n) is 5.44. The van der Waals surface area contributed by atoms with Gasteiger partial charge in [0.2, 0.25) is 0 Å². The molecular formula is C16H20F6N2O5. The first-order chi connectivity index (χ1) is 13.3. The average molecular weight is 434 g/mol. The summed E-state index contributed by atoms with van der Waals surface area (Å²) in [6.45, 7) is 5.42. The lowest BCUT2D eigenvalue weighted by Crippen LogP contribution is -2.42. The number of benzene rings is 1. The number of piperazine rings is 1. The van der Waals surface area contributed by atoms with E-state index in [2.05, 4.69) is 22.3 Å². The molecule has 0 radical (unpaired) electrons. The van der Waals surface area contributed by atoms with Crippen molar-refractivity contribution in [1.82, 2.24) is 10.2 Å². The Morgan fingerprint density at radius 2 is 1.41 bits per heavy atom. The van der Waals surface area contributed by atoms with Crippen LogP contribution in [0.5, 0.6) is 5.75 Å². The second-order valence-corrected chi connectivity index (χ2v) is 5.44. The molecule has 0 atom stereocenters. The summed E-state index contributed by atoms with van der Waals surface area (Å²) in [6, 6.07) is 8.25. The maximum Gasteiger partial charge on any atom is 0.490 e. The molecule has 1 aromatic rings. The molecule has 1 heterocycles. The normalized spacial score (nSPS) is 14.6. The lowest BCUT2D eigenvalue weighted by atomic mass is 10.2. The zero-order valence-corrected chi connectivity index (χ0v) is 15.2. The van der Waals surface area contributed by atoms with E-state index >= 15 is 0 Å². The van der Waals surface area contributed by atoms with E-state index in [0.29, 0.717) is 0 Å². The Bertz CT molecular complexity index is 621. The van der Waals surface area contributed by atoms with Crippen LogP contribution in [0.15, 0.2) is 24.3 Å². The molecule has 166 valence electrons. The molecule has 1 aromatic carbocycles. The SMILES string of the molecule is COc1ccccc1CN1CCNCC1.O=C(O)C(F)(F)F.O=C(O)C(F)(F)F. The smallest absolute Gasteiger partial charge is 0.490 e. The van der Waals surface area contributed by atoms with E-state index in [9.17, 15) is 26.3 Å². The minimum atomic E-state index is -5.08. The summed E-state index contributed by atoms with van der Waals surface area (Å²) in [5, 5.41) is 17.6. The predicted octanol–water partition coefficient (Wildman–Crippen LogP) is 2.37. The van der Waals surface area contributed by atoms with Crippen molar-refractivity contribution >= 4 is 11.9 Å². The summed E-state index contributed by atoms with van der Waals surface area (Å²) in [5.74, 6) is -4.52. The number of carbonyl (C=O) groups is 2. The standard InChI is InChI=1S/C12H18N2O.2C2HF3O2/c1-15-12-5-3-2-4-11(12)10-14-8-6-13-7-9-14;2*3-2(4,5)1(6)7/h2-5,13H,6-10H2,1H3;2*(H,6,7). The first-order valence-corrected chi connectivity index (χ1v) is 7.94. The molecule has 0 bridgehead atoms. The molecule has 1 saturated heterocycles. The highest BCUT2D eigenvalue weighted by Gasteiger charge is 2.38. The van der Waals surface area contributed by atoms with Crippen LogP contribution in [-0.2, 0) is 16.1 Å². The molecule has 1 aliphatic heterocycles. The first-order valence-electron chi connectivity index (χ1n) is 7.94. The third-order valence-corrected chi connectivity index (χ3v) is 3.28. The number of hydrogen-bond acceptors (Lipinski definition) is 5. The van der Waals surface area contributed by atoms with Gasteiger partial charge in [-0.25, -0.2) is 9.59 Å². The zero-order valence-electron chi connectivity index (χ0n) is 15.2. The Labute approximate surface area is 161 Å². The number of alkyl halides is 6. The fraction of sp³-hybridized carbons (Fsp3) is 0.500. The van der Waals surface area contributed by atoms with Crippen LogP contribution >= 0.6 is 0 Å². The number of para-hydroxylation sites is 1. The van der Waals surface area contributed by atoms with E-state index in [4.69, 9.17) is 24.5 Å². The van der Waals surface area contributed by atoms with Crippen molar-refractivity contribution in [3.05, 3.63) is 29.8 Å². The maximum atomic E-state index is 10.6. The molecule has 29 heavy (non-hydrogen) atoms. The predicted molar refractivity (Wildman–Crippen MR) is 88.5 cm³/mol. The quantitative estimate of drug-likeness (QED) is 0.629. The number of halogens is 6. The second kappa shape index (κ2) is 12.1. The van der Waals surface area contributed by atoms with E-state index in [-0.39, 0.29) is 0 Å². The van der Waals surface area contributed by atoms with E-state index in [0.717, 1.165) is 38.5 Å². The van der Waals surface area contributed by atoms with Crippen molar-refractivity contribution in [3.8, 4) is 5.75 Å². The number of hydrogen-bond donors (Lipinski definition) is 3. The number of nitrogens with zero attached hydrogens (tertiary/aromatic N) is 1. The number of carboxylic acid groups (broad SMARTS) is 2. The lowest BCUT2D eigenvalue weighted by molar-refractivity contribution is -0.193. The molecule has 3 N–H and O–H groups in total. The Balaban J connectivity index is 0.000000473. The average Bonchev–Trinajstić information content (AvgIpc) is 2.62. The number of aliphatic carboxylic acids is 2. The van der Waals surface area contributed by atoms with Crippen LogP contribution in [0.4, 0.5) is 26.3 Å². The molecule has 0 aliphatic carbocycles. The molecule has 1 fully saturated rings. The monoisotopic (exact) mass is 434 g/mol. The van der Waals surface area contributed by atoms with Gasteiger partial charge in [-0.1, -0.05) is 18.2 Å². The largest absolute Gasteiger partial charge is 0.496 e. The van der Waals surface area contributed by atoms with Crippen molar-refractivity contribution in [2.75, 3.05) is 33.3 Å². The van der Waals surface area contributed by atoms with Crippen molar-refractivity contribution in [2.45, 2.75) is 18.9 Å². The van der Waals surface area contributed by atoms with Crippen LogP contribution in [0.3, 0.4) is 0 Å². The van der Waals surface area contributed by atoms with E-state index in [1.807, 2.05) is 12.1 Å². The Hall–Kier alpha value is -2.54. The molecule has 0 unspecified atom stereocenters. The highest BCUT2D eigenvalue weighted by molar-refractivity contribution is 5.73. The minimum absolute atomic E-state index is 0.992. The van der Waals surface area contributed by atoms with Crippen LogP contribution in [0.2, 0.25) is 0 Å². The highest BCUT2D eigenvalue weighted by Crippen LogP contribution is 2.19. The fourth-order valence-electron chi connectivity index (χ4n) is 1.94. The Morgan fingerprint density at radius 3 is 1.79 bits per heavy atom. The summed E-state index contributed by atoms with van der Waals surface area (Å²) < 4.78 is 68.8. The summed E-state index contributed by atoms with van der Waals surface area (Å²) in [6.07, 6.45) is -10.2. The van der Waals surface area contributed by atoms with E-state index in [1.54, 1.807) is 7.11 Å². The number of carboxylic acids is 2. The number of nitrogens with one attached hydrogen (secondary N) is 1. The van der Waals surface area contributed by atoms with Crippen LogP contribution in [0, 0.1) is 0 Å². The van der Waals surface area contributed by atoms with Crippen molar-refractivity contribution < 1.29 is 50.9 Å². The van der Waals surface area contributed by atoms with Crippen molar-refractivity contribution in [1.29, 1.82) is 0 Å². The number of methoxy groups -OCH3 is 1. The lowest BCUT2D eigenvalue weighted by Gasteiger charge is -2.27. The van der Waals surface area contributed by atoms with Gasteiger partial charge >= 0.3 is 24.3 Å². The van der Waals surface area contributed by atoms with E-state index < -0.39 is 24.3 Å². The van der Waals surface area contributed by atoms with Gasteiger partial charge in [0.15, 0.2) is 0 Å². The van der Waals surface area contributed by atoms with Gasteiger partial charge < -0.3 is 20.3 Å². The fourth-order valence-corrected chi connectivity index (χ4v) is 1.94. The maximum absolute atomic E-state index is 10.6. The molecular weight excluding hydrogens is 414 g/mol. The molecule has 0 amide bonds. The van der Waals surface area contributed by atoms with Gasteiger partial charge in [0.1, 0.15) is 5.75 Å². The van der Waals surface area contributed by atoms with Crippen molar-refractivity contribution in [2.24, 2.45) is 0 Å². The molecule has 7 nitrogen and oxygen atoms in total. The first kappa shape index (κ1) is 26.5. The van der Waals surface area contributed by atoms with Crippen LogP contribution in [-0.4, -0.2) is 72.7 Å². The summed E-state index contributed by atoms with van der Waals surface area (Å²) in [4.78, 5) is 20.2. The van der Waals surface area contributed by atoms with Gasteiger partial charge in [-0.05, 0) is 6.07 Å². The van der Waals surface area contributed by atoms with Crippen LogP contribution in [0.25, 0.3) is 0 Å². The van der Waals surface area contributed by atoms with Gasteiger partial charge in [0.05, 0.1) is 7.11 Å². The number of ether oxygens (including phenoxy) is 1. The highest BCUT2D eigenvalue weighted by atomic mass is 19.4. The molecule has 0 spiro atoms. The summed E-state index contributed by atoms with van der Waals surface area (Å²) in [5.41, 5.74) is 1.28. The van der Waals surface area contributed by atoms with Gasteiger partial charge in [0.25, 0.3) is 0 Å². The summed E-state index contributed by atoms with van der Waals surface area (Å²) in [7, 11) is 1.73. The van der Waals surface area contributed by atoms with Crippen LogP contribution < -0.4 is 10.1 Å². The van der Waals surface area contributed by atoms with Gasteiger partial charge in [0, 0.05) is 38.3 Å². The Morgan fingerprint density at radius 1 is 1.00 bits per heavy atom. The topological polar surface area (TPSA) is 99.1 Å². The third kappa shape index (κ3) is 11.8. The van der Waals surface area contributed by atoms with Crippen molar-refractivity contribution in [3.63, 3.8) is 0 Å². The third-order valence-electron chi connectivity index (χ3n) is 3.28. The molecule has 1 aliphatic rings. The number of rotatable bonds is 3. The zero-order chi connectivity index (χ0) is 22.7. The van der Waals surface area contributed by atoms with Gasteiger partial charge in [-0.2, -0.15) is 26.3 Å². The van der Waals surface area contributed by atoms with Crippen LogP contribution in [0.1, 0.15) is 5.56 Å². The Kier molecular flexibility index (Phi) is 11.1. The minimum Gasteiger partial charge on any atom is -0.496 e. The summed E-state index contributed by atoms with van der Waals surface area (Å²) >= 11 is 0.